The summed E-state index contributed by atoms with van der Waals surface area (Å²) in [7, 11) is -10.1. The molecule has 0 aliphatic heterocycles. The molecule has 14 heteroatoms. The SMILES string of the molecule is O=P(O)(O)OP(=O)(O)O.[CaH2].[NaH].[NaH].[NaH].[NaH]. The summed E-state index contributed by atoms with van der Waals surface area (Å²) < 4.78 is 22.2. The first kappa shape index (κ1) is 36.6. The van der Waals surface area contributed by atoms with Crippen molar-refractivity contribution >= 4 is 172 Å². The van der Waals surface area contributed by atoms with Crippen molar-refractivity contribution in [1.82, 2.24) is 0 Å². The number of hydrogen-bond acceptors (Lipinski definition) is 3. The molecule has 0 saturated heterocycles. The number of phosphoric acid groups is 2. The summed E-state index contributed by atoms with van der Waals surface area (Å²) >= 11 is 0. The maximum atomic E-state index is 9.63. The summed E-state index contributed by atoms with van der Waals surface area (Å²) in [6.45, 7) is 0. The summed E-state index contributed by atoms with van der Waals surface area (Å²) in [5.41, 5.74) is 0. The summed E-state index contributed by atoms with van der Waals surface area (Å²) in [4.78, 5) is 31.0. The fourth-order valence-electron chi connectivity index (χ4n) is 0.139. The second-order valence-electron chi connectivity index (χ2n) is 1.06. The third-order valence-electron chi connectivity index (χ3n) is 0.213. The van der Waals surface area contributed by atoms with Crippen LogP contribution in [0.5, 0.6) is 0 Å². The molecule has 68 valence electrons. The Balaban J connectivity index is -0.0000000320. The monoisotopic (exact) mass is 316 g/mol. The van der Waals surface area contributed by atoms with E-state index in [4.69, 9.17) is 19.6 Å². The third-order valence-corrected chi connectivity index (χ3v) is 1.91. The summed E-state index contributed by atoms with van der Waals surface area (Å²) in [5.74, 6) is 0. The van der Waals surface area contributed by atoms with E-state index in [0.29, 0.717) is 0 Å². The van der Waals surface area contributed by atoms with Gasteiger partial charge in [-0.1, -0.05) is 0 Å². The van der Waals surface area contributed by atoms with E-state index in [1.165, 1.54) is 0 Å². The molecule has 0 atom stereocenters. The van der Waals surface area contributed by atoms with Crippen molar-refractivity contribution in [2.75, 3.05) is 0 Å². The summed E-state index contributed by atoms with van der Waals surface area (Å²) in [5, 5.41) is 0. The Kier molecular flexibility index (Phi) is 43.4. The van der Waals surface area contributed by atoms with Gasteiger partial charge in [-0.2, -0.15) is 4.31 Å². The third kappa shape index (κ3) is 36.0. The van der Waals surface area contributed by atoms with Crippen molar-refractivity contribution in [1.29, 1.82) is 0 Å². The molecule has 0 saturated carbocycles. The van der Waals surface area contributed by atoms with Crippen LogP contribution in [0.3, 0.4) is 0 Å². The van der Waals surface area contributed by atoms with E-state index in [1.807, 2.05) is 0 Å². The Hall–Kier alpha value is 5.52. The van der Waals surface area contributed by atoms with E-state index in [-0.39, 0.29) is 156 Å². The molecular formula is H10CaNa4O7P2. The van der Waals surface area contributed by atoms with Gasteiger partial charge >= 0.3 is 172 Å². The van der Waals surface area contributed by atoms with Gasteiger partial charge in [-0.05, 0) is 0 Å². The fraction of sp³-hybridized carbons (Fsp3) is 0. The van der Waals surface area contributed by atoms with Crippen molar-refractivity contribution in [3.8, 4) is 0 Å². The van der Waals surface area contributed by atoms with Crippen LogP contribution in [-0.4, -0.2) is 176 Å². The van der Waals surface area contributed by atoms with Gasteiger partial charge in [0.15, 0.2) is 0 Å². The molecule has 0 aromatic rings. The molecule has 0 spiro atoms. The first-order valence-electron chi connectivity index (χ1n) is 1.53. The average molecular weight is 316 g/mol. The van der Waals surface area contributed by atoms with Crippen LogP contribution in [-0.2, 0) is 13.4 Å². The molecular weight excluding hydrogens is 306 g/mol. The van der Waals surface area contributed by atoms with Crippen molar-refractivity contribution < 1.29 is 33.0 Å². The standard InChI is InChI=1S/Ca.4Na.H4O7P2.6H/c;;;;;1-8(2,3)7-9(4,5)6;;;;;;/h;;;;;(H2,1,2,3)(H2,4,5,6);;;;;;. The zero-order valence-corrected chi connectivity index (χ0v) is 5.70. The maximum absolute atomic E-state index is 9.63. The van der Waals surface area contributed by atoms with Gasteiger partial charge in [-0.3, -0.25) is 0 Å². The van der Waals surface area contributed by atoms with Crippen molar-refractivity contribution in [3.63, 3.8) is 0 Å². The molecule has 0 fully saturated rings. The quantitative estimate of drug-likeness (QED) is 0.300. The van der Waals surface area contributed by atoms with Crippen molar-refractivity contribution in [2.45, 2.75) is 0 Å². The first-order chi connectivity index (χ1) is 3.71. The molecule has 0 bridgehead atoms. The van der Waals surface area contributed by atoms with E-state index in [2.05, 4.69) is 4.31 Å². The predicted octanol–water partition coefficient (Wildman–Crippen LogP) is -4.32. The Morgan fingerprint density at radius 3 is 0.857 bits per heavy atom. The minimum absolute atomic E-state index is 0. The van der Waals surface area contributed by atoms with Crippen LogP contribution in [0, 0.1) is 0 Å². The normalized spacial score (nSPS) is 8.86. The van der Waals surface area contributed by atoms with Crippen molar-refractivity contribution in [2.24, 2.45) is 0 Å². The Labute approximate surface area is 200 Å². The second kappa shape index (κ2) is 16.6. The molecule has 14 heavy (non-hydrogen) atoms. The Morgan fingerprint density at radius 1 is 0.714 bits per heavy atom. The Morgan fingerprint density at radius 2 is 0.857 bits per heavy atom. The van der Waals surface area contributed by atoms with Crippen LogP contribution in [0.25, 0.3) is 0 Å². The summed E-state index contributed by atoms with van der Waals surface area (Å²) in [6.07, 6.45) is 0. The molecule has 4 N–H and O–H groups in total. The van der Waals surface area contributed by atoms with Gasteiger partial charge < -0.3 is 19.6 Å². The topological polar surface area (TPSA) is 124 Å². The van der Waals surface area contributed by atoms with Crippen LogP contribution in [0.2, 0.25) is 0 Å². The van der Waals surface area contributed by atoms with Gasteiger partial charge in [0.1, 0.15) is 0 Å². The van der Waals surface area contributed by atoms with Gasteiger partial charge in [0.2, 0.25) is 0 Å². The number of rotatable bonds is 2. The molecule has 0 amide bonds. The molecule has 0 heterocycles. The van der Waals surface area contributed by atoms with Crippen LogP contribution >= 0.6 is 15.6 Å². The summed E-state index contributed by atoms with van der Waals surface area (Å²) in [6, 6.07) is 0. The molecule has 0 radical (unpaired) electrons. The van der Waals surface area contributed by atoms with Gasteiger partial charge in [-0.25, -0.2) is 9.13 Å². The van der Waals surface area contributed by atoms with E-state index < -0.39 is 15.6 Å². The van der Waals surface area contributed by atoms with E-state index in [1.54, 1.807) is 0 Å². The fourth-order valence-corrected chi connectivity index (χ4v) is 1.25. The zero-order valence-electron chi connectivity index (χ0n) is 3.91. The van der Waals surface area contributed by atoms with Crippen LogP contribution in [0.15, 0.2) is 0 Å². The Bertz CT molecular complexity index is 164. The minimum atomic E-state index is -5.05. The molecule has 7 nitrogen and oxygen atoms in total. The van der Waals surface area contributed by atoms with Crippen LogP contribution < -0.4 is 0 Å². The molecule has 0 aromatic carbocycles. The van der Waals surface area contributed by atoms with E-state index in [0.717, 1.165) is 0 Å². The zero-order chi connectivity index (χ0) is 7.71. The van der Waals surface area contributed by atoms with Crippen LogP contribution in [0.4, 0.5) is 0 Å². The van der Waals surface area contributed by atoms with Gasteiger partial charge in [-0.15, -0.1) is 0 Å². The predicted molar refractivity (Wildman–Crippen MR) is 62.3 cm³/mol. The van der Waals surface area contributed by atoms with Crippen molar-refractivity contribution in [3.05, 3.63) is 0 Å². The average Bonchev–Trinajstić information content (AvgIpc) is 1.14. The van der Waals surface area contributed by atoms with Gasteiger partial charge in [0, 0.05) is 0 Å². The number of hydrogen-bond donors (Lipinski definition) is 4. The van der Waals surface area contributed by atoms with Crippen LogP contribution in [0.1, 0.15) is 0 Å². The van der Waals surface area contributed by atoms with E-state index in [9.17, 15) is 9.13 Å². The molecule has 0 aromatic heterocycles. The molecule has 0 unspecified atom stereocenters. The van der Waals surface area contributed by atoms with Gasteiger partial charge in [0.25, 0.3) is 0 Å². The molecule has 0 aliphatic carbocycles. The molecule has 0 rings (SSSR count). The second-order valence-corrected chi connectivity index (χ2v) is 3.68. The van der Waals surface area contributed by atoms with E-state index >= 15 is 0 Å². The first-order valence-corrected chi connectivity index (χ1v) is 4.59. The van der Waals surface area contributed by atoms with Gasteiger partial charge in [0.05, 0.1) is 0 Å². The molecule has 0 aliphatic rings.